The molecule has 0 aliphatic carbocycles. The fourth-order valence-corrected chi connectivity index (χ4v) is 4.23. The van der Waals surface area contributed by atoms with Crippen LogP contribution in [0.25, 0.3) is 33.5 Å². The summed E-state index contributed by atoms with van der Waals surface area (Å²) < 4.78 is 5.50. The Kier molecular flexibility index (Phi) is 5.80. The summed E-state index contributed by atoms with van der Waals surface area (Å²) in [7, 11) is 0. The van der Waals surface area contributed by atoms with Crippen LogP contribution in [0.3, 0.4) is 0 Å². The summed E-state index contributed by atoms with van der Waals surface area (Å²) in [6.45, 7) is 0.169. The van der Waals surface area contributed by atoms with E-state index >= 15 is 0 Å². The molecule has 4 N–H and O–H groups in total. The maximum atomic E-state index is 10.1. The van der Waals surface area contributed by atoms with E-state index in [1.54, 1.807) is 0 Å². The predicted molar refractivity (Wildman–Crippen MR) is 125 cm³/mol. The molecule has 0 radical (unpaired) electrons. The van der Waals surface area contributed by atoms with Gasteiger partial charge in [0.25, 0.3) is 0 Å². The minimum atomic E-state index is -0.728. The largest absolute Gasteiger partial charge is 0.394 e. The first-order valence-corrected chi connectivity index (χ1v) is 10.9. The molecule has 1 aliphatic heterocycles. The molecule has 1 aliphatic rings. The van der Waals surface area contributed by atoms with E-state index in [1.165, 1.54) is 0 Å². The van der Waals surface area contributed by atoms with Crippen LogP contribution in [0.5, 0.6) is 0 Å². The Morgan fingerprint density at radius 2 is 1.75 bits per heavy atom. The summed E-state index contributed by atoms with van der Waals surface area (Å²) in [5.41, 5.74) is 5.11. The molecule has 2 aromatic heterocycles. The normalized spacial score (nSPS) is 21.0. The number of aromatic amines is 1. The third kappa shape index (κ3) is 4.20. The summed E-state index contributed by atoms with van der Waals surface area (Å²) in [5, 5.41) is 23.0. The molecule has 0 amide bonds. The van der Waals surface area contributed by atoms with Gasteiger partial charge in [0.2, 0.25) is 5.95 Å². The Balaban J connectivity index is 1.37. The Bertz CT molecular complexity index is 1210. The summed E-state index contributed by atoms with van der Waals surface area (Å²) in [5.74, 6) is 0.531. The highest BCUT2D eigenvalue weighted by atomic mass is 35.5. The van der Waals surface area contributed by atoms with Crippen molar-refractivity contribution in [1.82, 2.24) is 15.0 Å². The monoisotopic (exact) mass is 450 g/mol. The second-order valence-corrected chi connectivity index (χ2v) is 8.32. The number of benzene rings is 2. The highest BCUT2D eigenvalue weighted by Crippen LogP contribution is 2.31. The van der Waals surface area contributed by atoms with Crippen LogP contribution in [-0.2, 0) is 4.74 Å². The average molecular weight is 451 g/mol. The maximum Gasteiger partial charge on any atom is 0.203 e. The average Bonchev–Trinajstić information content (AvgIpc) is 3.20. The van der Waals surface area contributed by atoms with Crippen LogP contribution in [-0.4, -0.2) is 56.6 Å². The van der Waals surface area contributed by atoms with Crippen molar-refractivity contribution in [2.24, 2.45) is 0 Å². The Hall–Kier alpha value is -2.97. The molecule has 2 aromatic carbocycles. The van der Waals surface area contributed by atoms with Gasteiger partial charge in [0.05, 0.1) is 41.6 Å². The number of nitrogens with one attached hydrogen (secondary N) is 2. The summed E-state index contributed by atoms with van der Waals surface area (Å²) in [6, 6.07) is 20.0. The summed E-state index contributed by atoms with van der Waals surface area (Å²) in [6.07, 6.45) is -0.816. The first-order valence-electron chi connectivity index (χ1n) is 10.5. The van der Waals surface area contributed by atoms with Crippen molar-refractivity contribution in [3.05, 3.63) is 65.7 Å². The van der Waals surface area contributed by atoms with Gasteiger partial charge in [-0.1, -0.05) is 66.2 Å². The maximum absolute atomic E-state index is 10.1. The predicted octanol–water partition coefficient (Wildman–Crippen LogP) is 3.87. The standard InChI is InChI=1S/C24H23ClN4O3/c25-18-11-19-23(29-24(27-19)26-17-10-20(31)21(12-30)32-13-17)28-22(18)16-8-6-15(7-9-16)14-4-2-1-3-5-14/h1-9,11,17,20-21,30-31H,10,12-13H2,(H2,26,27,28,29)/t17-,20-,21+/m0/s1. The molecule has 0 bridgehead atoms. The van der Waals surface area contributed by atoms with Gasteiger partial charge in [0, 0.05) is 5.56 Å². The van der Waals surface area contributed by atoms with Gasteiger partial charge in [-0.2, -0.15) is 4.98 Å². The third-order valence-electron chi connectivity index (χ3n) is 5.68. The van der Waals surface area contributed by atoms with Crippen LogP contribution in [0.1, 0.15) is 6.42 Å². The van der Waals surface area contributed by atoms with Gasteiger partial charge in [-0.05, 0) is 23.6 Å². The Morgan fingerprint density at radius 3 is 2.47 bits per heavy atom. The zero-order valence-corrected chi connectivity index (χ0v) is 18.0. The van der Waals surface area contributed by atoms with Crippen molar-refractivity contribution in [3.63, 3.8) is 0 Å². The van der Waals surface area contributed by atoms with Crippen molar-refractivity contribution >= 4 is 28.7 Å². The molecule has 0 saturated carbocycles. The number of anilines is 1. The highest BCUT2D eigenvalue weighted by Gasteiger charge is 2.29. The molecule has 8 heteroatoms. The van der Waals surface area contributed by atoms with Gasteiger partial charge in [0.1, 0.15) is 6.10 Å². The summed E-state index contributed by atoms with van der Waals surface area (Å²) >= 11 is 6.54. The molecular weight excluding hydrogens is 428 g/mol. The number of aromatic nitrogens is 3. The number of H-pyrrole nitrogens is 1. The molecular formula is C24H23ClN4O3. The smallest absolute Gasteiger partial charge is 0.203 e. The first kappa shape index (κ1) is 20.9. The van der Waals surface area contributed by atoms with Crippen LogP contribution in [0.2, 0.25) is 5.02 Å². The van der Waals surface area contributed by atoms with Crippen LogP contribution in [0.15, 0.2) is 60.7 Å². The van der Waals surface area contributed by atoms with Crippen LogP contribution >= 0.6 is 11.6 Å². The molecule has 164 valence electrons. The number of aliphatic hydroxyl groups excluding tert-OH is 2. The van der Waals surface area contributed by atoms with Crippen molar-refractivity contribution in [1.29, 1.82) is 0 Å². The quantitative estimate of drug-likeness (QED) is 0.368. The van der Waals surface area contributed by atoms with Crippen LogP contribution < -0.4 is 5.32 Å². The van der Waals surface area contributed by atoms with Gasteiger partial charge in [-0.3, -0.25) is 0 Å². The number of imidazole rings is 1. The lowest BCUT2D eigenvalue weighted by Gasteiger charge is -2.32. The van der Waals surface area contributed by atoms with E-state index in [2.05, 4.69) is 44.5 Å². The molecule has 3 atom stereocenters. The van der Waals surface area contributed by atoms with Gasteiger partial charge >= 0.3 is 0 Å². The second kappa shape index (κ2) is 8.88. The van der Waals surface area contributed by atoms with E-state index in [0.717, 1.165) is 16.7 Å². The molecule has 5 rings (SSSR count). The fourth-order valence-electron chi connectivity index (χ4n) is 3.97. The number of ether oxygens (including phenoxy) is 1. The lowest BCUT2D eigenvalue weighted by atomic mass is 10.0. The highest BCUT2D eigenvalue weighted by molar-refractivity contribution is 6.33. The number of halogens is 1. The number of hydrogen-bond acceptors (Lipinski definition) is 6. The number of fused-ring (bicyclic) bond motifs is 1. The molecule has 32 heavy (non-hydrogen) atoms. The molecule has 1 saturated heterocycles. The number of nitrogens with zero attached hydrogens (tertiary/aromatic N) is 2. The third-order valence-corrected chi connectivity index (χ3v) is 5.97. The van der Waals surface area contributed by atoms with Gasteiger partial charge in [-0.15, -0.1) is 0 Å². The zero-order chi connectivity index (χ0) is 22.1. The van der Waals surface area contributed by atoms with Crippen molar-refractivity contribution in [3.8, 4) is 22.4 Å². The molecule has 1 fully saturated rings. The van der Waals surface area contributed by atoms with Crippen molar-refractivity contribution in [2.75, 3.05) is 18.5 Å². The number of rotatable bonds is 5. The lowest BCUT2D eigenvalue weighted by molar-refractivity contribution is -0.0984. The Labute approximate surface area is 190 Å². The van der Waals surface area contributed by atoms with Crippen molar-refractivity contribution < 1.29 is 14.9 Å². The van der Waals surface area contributed by atoms with Crippen molar-refractivity contribution in [2.45, 2.75) is 24.7 Å². The topological polar surface area (TPSA) is 103 Å². The van der Waals surface area contributed by atoms with E-state index in [9.17, 15) is 10.2 Å². The minimum Gasteiger partial charge on any atom is -0.394 e. The number of aliphatic hydroxyl groups is 2. The first-order chi connectivity index (χ1) is 15.6. The molecule has 0 spiro atoms. The van der Waals surface area contributed by atoms with Gasteiger partial charge in [-0.25, -0.2) is 4.98 Å². The molecule has 4 aromatic rings. The number of pyridine rings is 1. The summed E-state index contributed by atoms with van der Waals surface area (Å²) in [4.78, 5) is 12.4. The molecule has 0 unspecified atom stereocenters. The van der Waals surface area contributed by atoms with Gasteiger partial charge < -0.3 is 25.3 Å². The lowest BCUT2D eigenvalue weighted by Crippen LogP contribution is -2.45. The van der Waals surface area contributed by atoms with E-state index in [4.69, 9.17) is 16.3 Å². The van der Waals surface area contributed by atoms with E-state index in [-0.39, 0.29) is 12.6 Å². The Morgan fingerprint density at radius 1 is 1.03 bits per heavy atom. The fraction of sp³-hybridized carbons (Fsp3) is 0.250. The zero-order valence-electron chi connectivity index (χ0n) is 17.2. The molecule has 7 nitrogen and oxygen atoms in total. The van der Waals surface area contributed by atoms with E-state index < -0.39 is 12.2 Å². The number of hydrogen-bond donors (Lipinski definition) is 4. The van der Waals surface area contributed by atoms with Crippen LogP contribution in [0.4, 0.5) is 5.95 Å². The minimum absolute atomic E-state index is 0.131. The molecule has 3 heterocycles. The second-order valence-electron chi connectivity index (χ2n) is 7.92. The van der Waals surface area contributed by atoms with Crippen LogP contribution in [0, 0.1) is 0 Å². The van der Waals surface area contributed by atoms with E-state index in [1.807, 2.05) is 36.4 Å². The SMILES string of the molecule is OC[C@H]1OC[C@@H](Nc2nc3nc(-c4ccc(-c5ccccc5)cc4)c(Cl)cc3[nH]2)C[C@@H]1O. The van der Waals surface area contributed by atoms with Gasteiger partial charge in [0.15, 0.2) is 5.65 Å². The van der Waals surface area contributed by atoms with E-state index in [0.29, 0.717) is 40.9 Å².